The van der Waals surface area contributed by atoms with Crippen LogP contribution in [-0.2, 0) is 0 Å². The molecular formula is C5H10N4O. The highest BCUT2D eigenvalue weighted by molar-refractivity contribution is 4.46. The van der Waals surface area contributed by atoms with Gasteiger partial charge in [-0.15, -0.1) is 15.0 Å². The summed E-state index contributed by atoms with van der Waals surface area (Å²) in [4.78, 5) is 1.20. The largest absolute Gasteiger partial charge is 0.370 e. The summed E-state index contributed by atoms with van der Waals surface area (Å²) in [5.74, 6) is 0. The number of aliphatic hydroxyl groups is 1. The van der Waals surface area contributed by atoms with Crippen molar-refractivity contribution in [2.75, 3.05) is 0 Å². The van der Waals surface area contributed by atoms with E-state index in [1.54, 1.807) is 0 Å². The number of nitrogens with zero attached hydrogens (tertiary/aromatic N) is 4. The Morgan fingerprint density at radius 3 is 3.00 bits per heavy atom. The first-order valence-corrected chi connectivity index (χ1v) is 3.25. The number of hydrogen-bond acceptors (Lipinski definition) is 4. The van der Waals surface area contributed by atoms with Crippen LogP contribution in [-0.4, -0.2) is 25.3 Å². The van der Waals surface area contributed by atoms with E-state index >= 15 is 0 Å². The summed E-state index contributed by atoms with van der Waals surface area (Å²) in [6, 6.07) is 0. The molecule has 0 aliphatic heterocycles. The molecule has 0 bridgehead atoms. The van der Waals surface area contributed by atoms with Gasteiger partial charge in [0.15, 0.2) is 12.6 Å². The first-order valence-electron chi connectivity index (χ1n) is 3.25. The molecule has 0 radical (unpaired) electrons. The highest BCUT2D eigenvalue weighted by atomic mass is 16.3. The van der Waals surface area contributed by atoms with Crippen LogP contribution in [0.1, 0.15) is 26.0 Å². The Morgan fingerprint density at radius 2 is 2.50 bits per heavy atom. The third-order valence-corrected chi connectivity index (χ3v) is 1.18. The first-order chi connectivity index (χ1) is 4.84. The van der Waals surface area contributed by atoms with Crippen molar-refractivity contribution >= 4 is 0 Å². The topological polar surface area (TPSA) is 63.8 Å². The van der Waals surface area contributed by atoms with Crippen molar-refractivity contribution in [3.63, 3.8) is 0 Å². The van der Waals surface area contributed by atoms with Crippen LogP contribution in [0.2, 0.25) is 0 Å². The van der Waals surface area contributed by atoms with Gasteiger partial charge in [-0.05, 0) is 11.6 Å². The Balaban J connectivity index is 2.50. The highest BCUT2D eigenvalue weighted by Crippen LogP contribution is 2.04. The van der Waals surface area contributed by atoms with E-state index in [4.69, 9.17) is 0 Å². The molecule has 1 rings (SSSR count). The lowest BCUT2D eigenvalue weighted by Gasteiger charge is -2.04. The normalized spacial score (nSPS) is 13.4. The fourth-order valence-corrected chi connectivity index (χ4v) is 0.685. The Kier molecular flexibility index (Phi) is 2.33. The molecule has 0 fully saturated rings. The maximum atomic E-state index is 9.21. The van der Waals surface area contributed by atoms with Gasteiger partial charge in [0.25, 0.3) is 0 Å². The van der Waals surface area contributed by atoms with Crippen molar-refractivity contribution < 1.29 is 5.11 Å². The Hall–Kier alpha value is -0.970. The molecule has 1 atom stereocenters. The van der Waals surface area contributed by atoms with E-state index in [2.05, 4.69) is 15.4 Å². The van der Waals surface area contributed by atoms with E-state index in [0.717, 1.165) is 6.42 Å². The molecule has 1 aromatic heterocycles. The van der Waals surface area contributed by atoms with E-state index in [-0.39, 0.29) is 0 Å². The fourth-order valence-electron chi connectivity index (χ4n) is 0.685. The number of aromatic nitrogens is 4. The Labute approximate surface area is 58.7 Å². The lowest BCUT2D eigenvalue weighted by molar-refractivity contribution is 0.0644. The molecule has 56 valence electrons. The standard InChI is InChI=1S/C5H10N4O/c1-2-3-5(10)9-7-4-6-8-9/h4-5,10H,2-3H2,1H3. The summed E-state index contributed by atoms with van der Waals surface area (Å²) >= 11 is 0. The zero-order valence-corrected chi connectivity index (χ0v) is 5.80. The maximum absolute atomic E-state index is 9.21. The maximum Gasteiger partial charge on any atom is 0.167 e. The molecule has 10 heavy (non-hydrogen) atoms. The second-order valence-corrected chi connectivity index (χ2v) is 2.03. The molecule has 0 aliphatic carbocycles. The molecule has 0 aromatic carbocycles. The minimum absolute atomic E-state index is 0.618. The lowest BCUT2D eigenvalue weighted by atomic mass is 10.3. The molecule has 0 amide bonds. The van der Waals surface area contributed by atoms with Gasteiger partial charge >= 0.3 is 0 Å². The van der Waals surface area contributed by atoms with Crippen molar-refractivity contribution in [3.8, 4) is 0 Å². The molecule has 1 aromatic rings. The minimum atomic E-state index is -0.618. The van der Waals surface area contributed by atoms with Crippen LogP contribution in [0.3, 0.4) is 0 Å². The summed E-state index contributed by atoms with van der Waals surface area (Å²) in [6.07, 6.45) is 2.25. The monoisotopic (exact) mass is 142 g/mol. The molecule has 1 unspecified atom stereocenters. The van der Waals surface area contributed by atoms with Crippen LogP contribution in [0.25, 0.3) is 0 Å². The van der Waals surface area contributed by atoms with Crippen molar-refractivity contribution in [1.29, 1.82) is 0 Å². The van der Waals surface area contributed by atoms with Crippen LogP contribution in [0.4, 0.5) is 0 Å². The third-order valence-electron chi connectivity index (χ3n) is 1.18. The van der Waals surface area contributed by atoms with E-state index in [1.807, 2.05) is 6.92 Å². The van der Waals surface area contributed by atoms with Crippen LogP contribution < -0.4 is 0 Å². The predicted molar refractivity (Wildman–Crippen MR) is 34.0 cm³/mol. The predicted octanol–water partition coefficient (Wildman–Crippen LogP) is -0.0359. The smallest absolute Gasteiger partial charge is 0.167 e. The molecule has 0 spiro atoms. The molecule has 5 heteroatoms. The molecule has 5 nitrogen and oxygen atoms in total. The summed E-state index contributed by atoms with van der Waals surface area (Å²) in [5.41, 5.74) is 0. The van der Waals surface area contributed by atoms with E-state index in [0.29, 0.717) is 6.42 Å². The summed E-state index contributed by atoms with van der Waals surface area (Å²) in [7, 11) is 0. The SMILES string of the molecule is CCCC(O)n1ncnn1. The number of hydrogen-bond donors (Lipinski definition) is 1. The third kappa shape index (κ3) is 1.51. The van der Waals surface area contributed by atoms with Gasteiger partial charge in [-0.25, -0.2) is 0 Å². The molecule has 1 heterocycles. The zero-order chi connectivity index (χ0) is 7.40. The Bertz CT molecular complexity index is 174. The number of rotatable bonds is 3. The van der Waals surface area contributed by atoms with Gasteiger partial charge in [-0.1, -0.05) is 13.3 Å². The quantitative estimate of drug-likeness (QED) is 0.643. The average molecular weight is 142 g/mol. The summed E-state index contributed by atoms with van der Waals surface area (Å²) < 4.78 is 0. The highest BCUT2D eigenvalue weighted by Gasteiger charge is 2.04. The molecule has 1 N–H and O–H groups in total. The van der Waals surface area contributed by atoms with Crippen molar-refractivity contribution in [1.82, 2.24) is 20.2 Å². The van der Waals surface area contributed by atoms with Crippen molar-refractivity contribution in [2.45, 2.75) is 26.0 Å². The van der Waals surface area contributed by atoms with Crippen LogP contribution >= 0.6 is 0 Å². The van der Waals surface area contributed by atoms with E-state index in [9.17, 15) is 5.11 Å². The van der Waals surface area contributed by atoms with Crippen LogP contribution in [0.5, 0.6) is 0 Å². The van der Waals surface area contributed by atoms with Gasteiger partial charge in [0.1, 0.15) is 0 Å². The molecule has 0 saturated heterocycles. The average Bonchev–Trinajstić information content (AvgIpc) is 2.38. The van der Waals surface area contributed by atoms with Crippen LogP contribution in [0.15, 0.2) is 6.33 Å². The van der Waals surface area contributed by atoms with Gasteiger partial charge < -0.3 is 5.11 Å². The number of aliphatic hydroxyl groups excluding tert-OH is 1. The zero-order valence-electron chi connectivity index (χ0n) is 5.80. The molecule has 0 aliphatic rings. The summed E-state index contributed by atoms with van der Waals surface area (Å²) in [6.45, 7) is 1.99. The van der Waals surface area contributed by atoms with Gasteiger partial charge in [-0.2, -0.15) is 0 Å². The fraction of sp³-hybridized carbons (Fsp3) is 0.800. The second kappa shape index (κ2) is 3.26. The van der Waals surface area contributed by atoms with Gasteiger partial charge in [0, 0.05) is 0 Å². The minimum Gasteiger partial charge on any atom is -0.370 e. The number of tetrazole rings is 1. The van der Waals surface area contributed by atoms with Gasteiger partial charge in [-0.3, -0.25) is 0 Å². The van der Waals surface area contributed by atoms with Gasteiger partial charge in [0.05, 0.1) is 0 Å². The molecular weight excluding hydrogens is 132 g/mol. The first kappa shape index (κ1) is 7.14. The summed E-state index contributed by atoms with van der Waals surface area (Å²) in [5, 5.41) is 19.9. The van der Waals surface area contributed by atoms with E-state index < -0.39 is 6.23 Å². The van der Waals surface area contributed by atoms with Crippen molar-refractivity contribution in [3.05, 3.63) is 6.33 Å². The second-order valence-electron chi connectivity index (χ2n) is 2.03. The van der Waals surface area contributed by atoms with Gasteiger partial charge in [0.2, 0.25) is 0 Å². The lowest BCUT2D eigenvalue weighted by Crippen LogP contribution is -2.11. The van der Waals surface area contributed by atoms with Crippen LogP contribution in [0, 0.1) is 0 Å². The van der Waals surface area contributed by atoms with E-state index in [1.165, 1.54) is 11.1 Å². The Morgan fingerprint density at radius 1 is 1.70 bits per heavy atom. The molecule has 0 saturated carbocycles. The van der Waals surface area contributed by atoms with Crippen molar-refractivity contribution in [2.24, 2.45) is 0 Å².